The Bertz CT molecular complexity index is 1080. The number of carbonyl (C=O) groups excluding carboxylic acids is 1. The zero-order chi connectivity index (χ0) is 17.4. The predicted molar refractivity (Wildman–Crippen MR) is 98.3 cm³/mol. The van der Waals surface area contributed by atoms with Crippen LogP contribution in [-0.4, -0.2) is 27.1 Å². The van der Waals surface area contributed by atoms with Crippen LogP contribution in [0.5, 0.6) is 0 Å². The van der Waals surface area contributed by atoms with Crippen molar-refractivity contribution in [2.45, 2.75) is 20.4 Å². The van der Waals surface area contributed by atoms with Crippen LogP contribution in [0.15, 0.2) is 48.5 Å². The van der Waals surface area contributed by atoms with Crippen LogP contribution >= 0.6 is 0 Å². The second-order valence-corrected chi connectivity index (χ2v) is 6.56. The summed E-state index contributed by atoms with van der Waals surface area (Å²) in [5, 5.41) is 0.993. The van der Waals surface area contributed by atoms with Gasteiger partial charge in [-0.05, 0) is 24.1 Å². The van der Waals surface area contributed by atoms with Gasteiger partial charge in [-0.15, -0.1) is 0 Å². The fourth-order valence-corrected chi connectivity index (χ4v) is 2.98. The molecule has 4 aromatic rings. The minimum Gasteiger partial charge on any atom is -0.464 e. The molecule has 0 radical (unpaired) electrons. The van der Waals surface area contributed by atoms with Crippen LogP contribution in [0.25, 0.3) is 33.1 Å². The third-order valence-corrected chi connectivity index (χ3v) is 4.12. The van der Waals surface area contributed by atoms with Crippen molar-refractivity contribution >= 4 is 39.1 Å². The molecule has 0 bridgehead atoms. The Morgan fingerprint density at radius 1 is 1.04 bits per heavy atom. The van der Waals surface area contributed by atoms with Gasteiger partial charge in [-0.1, -0.05) is 44.2 Å². The summed E-state index contributed by atoms with van der Waals surface area (Å²) in [6, 6.07) is 15.7. The SMILES string of the molecule is CC(C)COC(=O)Cn1c2ccccc2c2nc3ccccc3nc21. The lowest BCUT2D eigenvalue weighted by atomic mass is 10.2. The molecule has 5 nitrogen and oxygen atoms in total. The minimum atomic E-state index is -0.258. The van der Waals surface area contributed by atoms with Crippen LogP contribution in [0.2, 0.25) is 0 Å². The highest BCUT2D eigenvalue weighted by atomic mass is 16.5. The van der Waals surface area contributed by atoms with Crippen molar-refractivity contribution in [2.75, 3.05) is 6.61 Å². The van der Waals surface area contributed by atoms with Gasteiger partial charge in [-0.2, -0.15) is 0 Å². The van der Waals surface area contributed by atoms with Crippen LogP contribution in [0.3, 0.4) is 0 Å². The van der Waals surface area contributed by atoms with Crippen LogP contribution in [0, 0.1) is 5.92 Å². The molecule has 5 heteroatoms. The van der Waals surface area contributed by atoms with Crippen molar-refractivity contribution in [3.63, 3.8) is 0 Å². The van der Waals surface area contributed by atoms with E-state index in [1.54, 1.807) is 0 Å². The molecule has 0 aliphatic carbocycles. The lowest BCUT2D eigenvalue weighted by Crippen LogP contribution is -2.16. The van der Waals surface area contributed by atoms with E-state index in [4.69, 9.17) is 14.7 Å². The molecule has 25 heavy (non-hydrogen) atoms. The monoisotopic (exact) mass is 333 g/mol. The standard InChI is InChI=1S/C20H19N3O2/c1-13(2)12-25-18(24)11-23-17-10-6-3-7-14(17)19-20(23)22-16-9-5-4-8-15(16)21-19/h3-10,13H,11-12H2,1-2H3. The first-order valence-corrected chi connectivity index (χ1v) is 8.43. The molecule has 0 saturated carbocycles. The third-order valence-electron chi connectivity index (χ3n) is 4.12. The molecule has 2 aromatic heterocycles. The second kappa shape index (κ2) is 6.16. The number of carbonyl (C=O) groups is 1. The number of hydrogen-bond donors (Lipinski definition) is 0. The summed E-state index contributed by atoms with van der Waals surface area (Å²) < 4.78 is 7.25. The normalized spacial score (nSPS) is 11.6. The van der Waals surface area contributed by atoms with Crippen molar-refractivity contribution in [2.24, 2.45) is 5.92 Å². The maximum atomic E-state index is 12.3. The fourth-order valence-electron chi connectivity index (χ4n) is 2.98. The van der Waals surface area contributed by atoms with E-state index in [-0.39, 0.29) is 12.5 Å². The number of aromatic nitrogens is 3. The summed E-state index contributed by atoms with van der Waals surface area (Å²) in [6.45, 7) is 4.59. The average molecular weight is 333 g/mol. The van der Waals surface area contributed by atoms with Crippen molar-refractivity contribution in [3.8, 4) is 0 Å². The summed E-state index contributed by atoms with van der Waals surface area (Å²) in [7, 11) is 0. The molecule has 0 aliphatic rings. The molecular formula is C20H19N3O2. The first kappa shape index (κ1) is 15.6. The Morgan fingerprint density at radius 2 is 1.72 bits per heavy atom. The summed E-state index contributed by atoms with van der Waals surface area (Å²) in [5.41, 5.74) is 4.12. The van der Waals surface area contributed by atoms with Gasteiger partial charge in [0.1, 0.15) is 12.1 Å². The van der Waals surface area contributed by atoms with Gasteiger partial charge in [0.05, 0.1) is 23.2 Å². The minimum absolute atomic E-state index is 0.129. The first-order chi connectivity index (χ1) is 12.1. The van der Waals surface area contributed by atoms with Gasteiger partial charge < -0.3 is 9.30 Å². The topological polar surface area (TPSA) is 57.0 Å². The van der Waals surface area contributed by atoms with Crippen molar-refractivity contribution in [1.82, 2.24) is 14.5 Å². The van der Waals surface area contributed by atoms with Gasteiger partial charge in [0, 0.05) is 5.39 Å². The van der Waals surface area contributed by atoms with Crippen molar-refractivity contribution in [3.05, 3.63) is 48.5 Å². The van der Waals surface area contributed by atoms with Gasteiger partial charge >= 0.3 is 5.97 Å². The number of nitrogens with zero attached hydrogens (tertiary/aromatic N) is 3. The Morgan fingerprint density at radius 3 is 2.48 bits per heavy atom. The lowest BCUT2D eigenvalue weighted by Gasteiger charge is -2.09. The van der Waals surface area contributed by atoms with Crippen molar-refractivity contribution < 1.29 is 9.53 Å². The van der Waals surface area contributed by atoms with E-state index in [0.717, 1.165) is 27.5 Å². The van der Waals surface area contributed by atoms with E-state index >= 15 is 0 Å². The fraction of sp³-hybridized carbons (Fsp3) is 0.250. The zero-order valence-electron chi connectivity index (χ0n) is 14.3. The average Bonchev–Trinajstić information content (AvgIpc) is 2.91. The van der Waals surface area contributed by atoms with E-state index in [1.807, 2.05) is 66.9 Å². The lowest BCUT2D eigenvalue weighted by molar-refractivity contribution is -0.145. The van der Waals surface area contributed by atoms with Crippen molar-refractivity contribution in [1.29, 1.82) is 0 Å². The molecule has 0 amide bonds. The van der Waals surface area contributed by atoms with Gasteiger partial charge in [0.25, 0.3) is 0 Å². The third kappa shape index (κ3) is 2.82. The van der Waals surface area contributed by atoms with E-state index in [2.05, 4.69) is 0 Å². The quantitative estimate of drug-likeness (QED) is 0.531. The summed E-state index contributed by atoms with van der Waals surface area (Å²) >= 11 is 0. The molecule has 0 spiro atoms. The molecule has 0 unspecified atom stereocenters. The highest BCUT2D eigenvalue weighted by molar-refractivity contribution is 6.06. The molecule has 4 rings (SSSR count). The number of fused-ring (bicyclic) bond motifs is 4. The Balaban J connectivity index is 1.88. The number of rotatable bonds is 4. The van der Waals surface area contributed by atoms with Gasteiger partial charge in [-0.25, -0.2) is 9.97 Å². The number of hydrogen-bond acceptors (Lipinski definition) is 4. The van der Waals surface area contributed by atoms with E-state index in [1.165, 1.54) is 0 Å². The van der Waals surface area contributed by atoms with Gasteiger partial charge in [-0.3, -0.25) is 4.79 Å². The Labute approximate surface area is 145 Å². The van der Waals surface area contributed by atoms with Gasteiger partial charge in [0.2, 0.25) is 0 Å². The Kier molecular flexibility index (Phi) is 3.84. The van der Waals surface area contributed by atoms with E-state index in [9.17, 15) is 4.79 Å². The Hall–Kier alpha value is -2.95. The van der Waals surface area contributed by atoms with Crippen LogP contribution < -0.4 is 0 Å². The largest absolute Gasteiger partial charge is 0.464 e. The highest BCUT2D eigenvalue weighted by Crippen LogP contribution is 2.28. The van der Waals surface area contributed by atoms with E-state index < -0.39 is 0 Å². The molecule has 0 N–H and O–H groups in total. The molecule has 0 atom stereocenters. The predicted octanol–water partition coefficient (Wildman–Crippen LogP) is 3.94. The summed E-state index contributed by atoms with van der Waals surface area (Å²) in [6.07, 6.45) is 0. The molecule has 0 aliphatic heterocycles. The maximum Gasteiger partial charge on any atom is 0.326 e. The van der Waals surface area contributed by atoms with Crippen LogP contribution in [-0.2, 0) is 16.1 Å². The number of para-hydroxylation sites is 3. The summed E-state index contributed by atoms with van der Waals surface area (Å²) in [4.78, 5) is 21.8. The molecule has 126 valence electrons. The highest BCUT2D eigenvalue weighted by Gasteiger charge is 2.17. The van der Waals surface area contributed by atoms with Crippen LogP contribution in [0.4, 0.5) is 0 Å². The first-order valence-electron chi connectivity index (χ1n) is 8.43. The number of ether oxygens (including phenoxy) is 1. The summed E-state index contributed by atoms with van der Waals surface area (Å²) in [5.74, 6) is 0.0529. The molecular weight excluding hydrogens is 314 g/mol. The molecule has 2 heterocycles. The molecule has 2 aromatic carbocycles. The smallest absolute Gasteiger partial charge is 0.326 e. The maximum absolute atomic E-state index is 12.3. The molecule has 0 fully saturated rings. The number of esters is 1. The number of benzene rings is 2. The second-order valence-electron chi connectivity index (χ2n) is 6.56. The van der Waals surface area contributed by atoms with E-state index in [0.29, 0.717) is 18.2 Å². The molecule has 0 saturated heterocycles. The van der Waals surface area contributed by atoms with Crippen LogP contribution in [0.1, 0.15) is 13.8 Å². The zero-order valence-corrected chi connectivity index (χ0v) is 14.3. The van der Waals surface area contributed by atoms with Gasteiger partial charge in [0.15, 0.2) is 5.65 Å².